The van der Waals surface area contributed by atoms with Gasteiger partial charge in [0.15, 0.2) is 0 Å². The molecule has 2 aliphatic rings. The van der Waals surface area contributed by atoms with Gasteiger partial charge in [-0.3, -0.25) is 0 Å². The molecule has 0 saturated heterocycles. The Bertz CT molecular complexity index is 487. The number of hydrogen-bond acceptors (Lipinski definition) is 0. The average Bonchev–Trinajstić information content (AvgIpc) is 2.27. The van der Waals surface area contributed by atoms with Crippen molar-refractivity contribution in [3.05, 3.63) is 64.8 Å². The second kappa shape index (κ2) is 3.23. The van der Waals surface area contributed by atoms with Crippen LogP contribution in [0.2, 0.25) is 0 Å². The van der Waals surface area contributed by atoms with E-state index >= 15 is 0 Å². The monoisotopic (exact) mass is 194 g/mol. The number of fused-ring (bicyclic) bond motifs is 2. The van der Waals surface area contributed by atoms with Crippen molar-refractivity contribution in [1.82, 2.24) is 0 Å². The highest BCUT2D eigenvalue weighted by molar-refractivity contribution is 5.67. The second-order valence-corrected chi connectivity index (χ2v) is 4.35. The molecule has 1 aromatic carbocycles. The van der Waals surface area contributed by atoms with Crippen molar-refractivity contribution in [1.29, 1.82) is 0 Å². The van der Waals surface area contributed by atoms with Crippen molar-refractivity contribution in [3.8, 4) is 0 Å². The van der Waals surface area contributed by atoms with E-state index in [9.17, 15) is 0 Å². The van der Waals surface area contributed by atoms with E-state index in [4.69, 9.17) is 0 Å². The molecule has 0 spiro atoms. The van der Waals surface area contributed by atoms with Gasteiger partial charge in [0, 0.05) is 5.92 Å². The zero-order valence-electron chi connectivity index (χ0n) is 8.90. The molecule has 15 heavy (non-hydrogen) atoms. The van der Waals surface area contributed by atoms with E-state index in [2.05, 4.69) is 55.5 Å². The number of aryl methyl sites for hydroxylation is 1. The lowest BCUT2D eigenvalue weighted by Crippen LogP contribution is -2.12. The standard InChI is InChI=1S/C15H14/c1-11-5-4-8-14-9-12-6-2-3-7-13(12)10-15(11)14/h2-8,10,12H,9H2,1H3. The Morgan fingerprint density at radius 3 is 3.07 bits per heavy atom. The molecule has 0 amide bonds. The lowest BCUT2D eigenvalue weighted by molar-refractivity contribution is 0.758. The summed E-state index contributed by atoms with van der Waals surface area (Å²) >= 11 is 0. The molecule has 1 aromatic rings. The molecule has 1 atom stereocenters. The highest BCUT2D eigenvalue weighted by Gasteiger charge is 2.19. The van der Waals surface area contributed by atoms with Gasteiger partial charge < -0.3 is 0 Å². The molecular formula is C15H14. The van der Waals surface area contributed by atoms with Crippen LogP contribution in [0.15, 0.2) is 48.1 Å². The van der Waals surface area contributed by atoms with Gasteiger partial charge in [-0.1, -0.05) is 48.6 Å². The fourth-order valence-electron chi connectivity index (χ4n) is 2.47. The van der Waals surface area contributed by atoms with Gasteiger partial charge >= 0.3 is 0 Å². The first-order valence-corrected chi connectivity index (χ1v) is 5.49. The largest absolute Gasteiger partial charge is 0.0767 e. The van der Waals surface area contributed by atoms with Gasteiger partial charge in [0.2, 0.25) is 0 Å². The van der Waals surface area contributed by atoms with Crippen LogP contribution in [0.4, 0.5) is 0 Å². The van der Waals surface area contributed by atoms with Crippen molar-refractivity contribution in [2.75, 3.05) is 0 Å². The third kappa shape index (κ3) is 1.37. The smallest absolute Gasteiger partial charge is 0.00619 e. The van der Waals surface area contributed by atoms with Crippen LogP contribution in [-0.2, 0) is 6.42 Å². The van der Waals surface area contributed by atoms with Crippen LogP contribution in [0.3, 0.4) is 0 Å². The zero-order valence-corrected chi connectivity index (χ0v) is 8.90. The quantitative estimate of drug-likeness (QED) is 0.591. The lowest BCUT2D eigenvalue weighted by Gasteiger charge is -2.24. The van der Waals surface area contributed by atoms with Gasteiger partial charge in [0.25, 0.3) is 0 Å². The molecule has 74 valence electrons. The van der Waals surface area contributed by atoms with Crippen LogP contribution in [0, 0.1) is 12.8 Å². The predicted octanol–water partition coefficient (Wildman–Crippen LogP) is 3.68. The zero-order chi connectivity index (χ0) is 10.3. The number of hydrogen-bond donors (Lipinski definition) is 0. The van der Waals surface area contributed by atoms with Crippen molar-refractivity contribution >= 4 is 6.08 Å². The fraction of sp³-hybridized carbons (Fsp3) is 0.200. The van der Waals surface area contributed by atoms with Gasteiger partial charge in [0.05, 0.1) is 0 Å². The highest BCUT2D eigenvalue weighted by Crippen LogP contribution is 2.33. The van der Waals surface area contributed by atoms with Crippen molar-refractivity contribution in [2.45, 2.75) is 13.3 Å². The Labute approximate surface area is 90.6 Å². The van der Waals surface area contributed by atoms with Crippen LogP contribution in [0.1, 0.15) is 16.7 Å². The van der Waals surface area contributed by atoms with E-state index in [-0.39, 0.29) is 0 Å². The van der Waals surface area contributed by atoms with Crippen molar-refractivity contribution in [3.63, 3.8) is 0 Å². The third-order valence-electron chi connectivity index (χ3n) is 3.34. The summed E-state index contributed by atoms with van der Waals surface area (Å²) in [6, 6.07) is 6.61. The van der Waals surface area contributed by atoms with Crippen LogP contribution in [-0.4, -0.2) is 0 Å². The summed E-state index contributed by atoms with van der Waals surface area (Å²) in [4.78, 5) is 0. The normalized spacial score (nSPS) is 21.9. The SMILES string of the molecule is Cc1cccc2c1C=C1C=CC=CC1C2. The average molecular weight is 194 g/mol. The van der Waals surface area contributed by atoms with E-state index in [0.717, 1.165) is 6.42 Å². The molecule has 0 aromatic heterocycles. The molecule has 0 fully saturated rings. The number of benzene rings is 1. The van der Waals surface area contributed by atoms with Crippen LogP contribution in [0.5, 0.6) is 0 Å². The Balaban J connectivity index is 2.17. The van der Waals surface area contributed by atoms with E-state index < -0.39 is 0 Å². The fourth-order valence-corrected chi connectivity index (χ4v) is 2.47. The van der Waals surface area contributed by atoms with Crippen LogP contribution < -0.4 is 0 Å². The molecular weight excluding hydrogens is 180 g/mol. The molecule has 0 radical (unpaired) electrons. The summed E-state index contributed by atoms with van der Waals surface area (Å²) in [6.45, 7) is 2.19. The number of allylic oxidation sites excluding steroid dienone is 5. The first-order chi connectivity index (χ1) is 7.34. The minimum absolute atomic E-state index is 0.601. The molecule has 1 unspecified atom stereocenters. The molecule has 0 saturated carbocycles. The summed E-state index contributed by atoms with van der Waals surface area (Å²) in [6.07, 6.45) is 12.3. The summed E-state index contributed by atoms with van der Waals surface area (Å²) in [7, 11) is 0. The minimum Gasteiger partial charge on any atom is -0.0767 e. The van der Waals surface area contributed by atoms with Gasteiger partial charge in [-0.05, 0) is 35.6 Å². The van der Waals surface area contributed by atoms with Gasteiger partial charge in [-0.25, -0.2) is 0 Å². The van der Waals surface area contributed by atoms with E-state index in [1.165, 1.54) is 22.3 Å². The lowest BCUT2D eigenvalue weighted by atomic mass is 9.80. The summed E-state index contributed by atoms with van der Waals surface area (Å²) in [5.74, 6) is 0.601. The number of rotatable bonds is 0. The molecule has 0 bridgehead atoms. The maximum atomic E-state index is 2.35. The maximum absolute atomic E-state index is 2.35. The molecule has 0 N–H and O–H groups in total. The highest BCUT2D eigenvalue weighted by atomic mass is 14.2. The molecule has 0 heteroatoms. The Hall–Kier alpha value is -1.56. The summed E-state index contributed by atoms with van der Waals surface area (Å²) < 4.78 is 0. The van der Waals surface area contributed by atoms with Gasteiger partial charge in [-0.2, -0.15) is 0 Å². The molecule has 3 rings (SSSR count). The summed E-state index contributed by atoms with van der Waals surface area (Å²) in [5, 5.41) is 0. The Morgan fingerprint density at radius 2 is 2.13 bits per heavy atom. The van der Waals surface area contributed by atoms with Crippen LogP contribution >= 0.6 is 0 Å². The molecule has 0 aliphatic heterocycles. The van der Waals surface area contributed by atoms with E-state index in [0.29, 0.717) is 5.92 Å². The topological polar surface area (TPSA) is 0 Å². The Morgan fingerprint density at radius 1 is 1.20 bits per heavy atom. The second-order valence-electron chi connectivity index (χ2n) is 4.35. The first kappa shape index (κ1) is 8.72. The van der Waals surface area contributed by atoms with Crippen molar-refractivity contribution < 1.29 is 0 Å². The van der Waals surface area contributed by atoms with Crippen molar-refractivity contribution in [2.24, 2.45) is 5.92 Å². The van der Waals surface area contributed by atoms with E-state index in [1.54, 1.807) is 0 Å². The molecule has 2 aliphatic carbocycles. The van der Waals surface area contributed by atoms with Crippen LogP contribution in [0.25, 0.3) is 6.08 Å². The summed E-state index contributed by atoms with van der Waals surface area (Å²) in [5.41, 5.74) is 5.77. The predicted molar refractivity (Wildman–Crippen MR) is 64.6 cm³/mol. The molecule has 0 heterocycles. The maximum Gasteiger partial charge on any atom is 0.00619 e. The minimum atomic E-state index is 0.601. The van der Waals surface area contributed by atoms with Gasteiger partial charge in [0.1, 0.15) is 0 Å². The molecule has 0 nitrogen and oxygen atoms in total. The van der Waals surface area contributed by atoms with E-state index in [1.807, 2.05) is 0 Å². The Kier molecular flexibility index (Phi) is 1.88. The third-order valence-corrected chi connectivity index (χ3v) is 3.34. The first-order valence-electron chi connectivity index (χ1n) is 5.49. The van der Waals surface area contributed by atoms with Gasteiger partial charge in [-0.15, -0.1) is 0 Å².